The van der Waals surface area contributed by atoms with Crippen LogP contribution in [-0.2, 0) is 16.1 Å². The van der Waals surface area contributed by atoms with Crippen molar-refractivity contribution in [3.8, 4) is 0 Å². The number of amides is 2. The van der Waals surface area contributed by atoms with Gasteiger partial charge in [-0.05, 0) is 50.3 Å². The number of carbonyl (C=O) groups is 2. The first kappa shape index (κ1) is 22.6. The largest absolute Gasteiger partial charge is 0.357 e. The number of guanidine groups is 1. The van der Waals surface area contributed by atoms with Gasteiger partial charge < -0.3 is 20.4 Å². The van der Waals surface area contributed by atoms with Gasteiger partial charge in [0.2, 0.25) is 11.8 Å². The Morgan fingerprint density at radius 2 is 1.84 bits per heavy atom. The average molecular weight is 440 g/mol. The van der Waals surface area contributed by atoms with Crippen molar-refractivity contribution in [2.75, 3.05) is 31.1 Å². The van der Waals surface area contributed by atoms with Crippen LogP contribution in [0.15, 0.2) is 29.3 Å². The second kappa shape index (κ2) is 10.8. The Bertz CT molecular complexity index is 816. The standard InChI is InChI=1S/C25H37N5O2/c1-2-26-25(27-17-19-10-12-22(13-11-19)30-15-6-9-23(30)31)28-21-14-16-29(18-21)24(32)20-7-4-3-5-8-20/h10-13,20-21H,2-9,14-18H2,1H3,(H2,26,27,28). The highest BCUT2D eigenvalue weighted by atomic mass is 16.2. The third-order valence-electron chi connectivity index (χ3n) is 6.88. The first-order chi connectivity index (χ1) is 15.6. The molecule has 1 aliphatic carbocycles. The highest BCUT2D eigenvalue weighted by Crippen LogP contribution is 2.27. The van der Waals surface area contributed by atoms with E-state index in [2.05, 4.69) is 22.5 Å². The molecular formula is C25H37N5O2. The maximum atomic E-state index is 12.8. The van der Waals surface area contributed by atoms with Crippen LogP contribution < -0.4 is 15.5 Å². The van der Waals surface area contributed by atoms with Gasteiger partial charge in [0.15, 0.2) is 5.96 Å². The van der Waals surface area contributed by atoms with E-state index in [1.54, 1.807) is 0 Å². The molecule has 0 radical (unpaired) electrons. The molecule has 1 aromatic carbocycles. The summed E-state index contributed by atoms with van der Waals surface area (Å²) in [5.41, 5.74) is 2.08. The van der Waals surface area contributed by atoms with E-state index < -0.39 is 0 Å². The molecule has 1 unspecified atom stereocenters. The molecule has 2 saturated heterocycles. The van der Waals surface area contributed by atoms with E-state index in [4.69, 9.17) is 4.99 Å². The van der Waals surface area contributed by atoms with Crippen LogP contribution in [0.3, 0.4) is 0 Å². The predicted molar refractivity (Wildman–Crippen MR) is 128 cm³/mol. The Morgan fingerprint density at radius 1 is 1.06 bits per heavy atom. The number of hydrogen-bond acceptors (Lipinski definition) is 3. The van der Waals surface area contributed by atoms with E-state index in [1.807, 2.05) is 29.2 Å². The van der Waals surface area contributed by atoms with Crippen molar-refractivity contribution in [3.05, 3.63) is 29.8 Å². The Hall–Kier alpha value is -2.57. The fourth-order valence-electron chi connectivity index (χ4n) is 5.07. The van der Waals surface area contributed by atoms with Crippen LogP contribution in [0.5, 0.6) is 0 Å². The van der Waals surface area contributed by atoms with Crippen molar-refractivity contribution in [1.82, 2.24) is 15.5 Å². The van der Waals surface area contributed by atoms with Gasteiger partial charge in [0.05, 0.1) is 6.54 Å². The summed E-state index contributed by atoms with van der Waals surface area (Å²) in [5, 5.41) is 6.86. The number of likely N-dealkylation sites (tertiary alicyclic amines) is 1. The fraction of sp³-hybridized carbons (Fsp3) is 0.640. The van der Waals surface area contributed by atoms with Gasteiger partial charge in [0.25, 0.3) is 0 Å². The van der Waals surface area contributed by atoms with Gasteiger partial charge in [-0.2, -0.15) is 0 Å². The summed E-state index contributed by atoms with van der Waals surface area (Å²) in [6.45, 7) is 5.83. The average Bonchev–Trinajstić information content (AvgIpc) is 3.47. The number of nitrogens with one attached hydrogen (secondary N) is 2. The minimum atomic E-state index is 0.210. The number of carbonyl (C=O) groups excluding carboxylic acids is 2. The number of nitrogens with zero attached hydrogens (tertiary/aromatic N) is 3. The third kappa shape index (κ3) is 5.61. The van der Waals surface area contributed by atoms with Crippen LogP contribution in [0.2, 0.25) is 0 Å². The Morgan fingerprint density at radius 3 is 2.53 bits per heavy atom. The molecule has 2 aliphatic heterocycles. The number of benzene rings is 1. The molecule has 7 heteroatoms. The molecule has 3 fully saturated rings. The molecular weight excluding hydrogens is 402 g/mol. The van der Waals surface area contributed by atoms with Gasteiger partial charge in [-0.25, -0.2) is 4.99 Å². The molecule has 32 heavy (non-hydrogen) atoms. The lowest BCUT2D eigenvalue weighted by atomic mass is 9.88. The summed E-state index contributed by atoms with van der Waals surface area (Å²) in [7, 11) is 0. The number of hydrogen-bond donors (Lipinski definition) is 2. The maximum absolute atomic E-state index is 12.8. The number of anilines is 1. The van der Waals surface area contributed by atoms with E-state index in [1.165, 1.54) is 19.3 Å². The van der Waals surface area contributed by atoms with Crippen molar-refractivity contribution in [1.29, 1.82) is 0 Å². The number of aliphatic imine (C=N–C) groups is 1. The lowest BCUT2D eigenvalue weighted by molar-refractivity contribution is -0.135. The van der Waals surface area contributed by atoms with Crippen LogP contribution in [0.25, 0.3) is 0 Å². The summed E-state index contributed by atoms with van der Waals surface area (Å²) in [5.74, 6) is 1.60. The highest BCUT2D eigenvalue weighted by Gasteiger charge is 2.31. The van der Waals surface area contributed by atoms with E-state index in [0.29, 0.717) is 18.9 Å². The monoisotopic (exact) mass is 439 g/mol. The lowest BCUT2D eigenvalue weighted by Crippen LogP contribution is -2.45. The molecule has 7 nitrogen and oxygen atoms in total. The molecule has 2 amide bonds. The van der Waals surface area contributed by atoms with Crippen LogP contribution in [0.1, 0.15) is 63.9 Å². The molecule has 4 rings (SSSR count). The van der Waals surface area contributed by atoms with Gasteiger partial charge >= 0.3 is 0 Å². The van der Waals surface area contributed by atoms with Gasteiger partial charge in [-0.1, -0.05) is 31.4 Å². The van der Waals surface area contributed by atoms with E-state index in [-0.39, 0.29) is 17.9 Å². The van der Waals surface area contributed by atoms with Gasteiger partial charge in [-0.15, -0.1) is 0 Å². The highest BCUT2D eigenvalue weighted by molar-refractivity contribution is 5.95. The maximum Gasteiger partial charge on any atom is 0.227 e. The van der Waals surface area contributed by atoms with Gasteiger partial charge in [0, 0.05) is 50.2 Å². The van der Waals surface area contributed by atoms with Crippen molar-refractivity contribution in [3.63, 3.8) is 0 Å². The zero-order valence-electron chi connectivity index (χ0n) is 19.3. The number of rotatable bonds is 6. The van der Waals surface area contributed by atoms with Crippen molar-refractivity contribution in [2.24, 2.45) is 10.9 Å². The molecule has 3 aliphatic rings. The van der Waals surface area contributed by atoms with Gasteiger partial charge in [0.1, 0.15) is 0 Å². The van der Waals surface area contributed by atoms with Crippen molar-refractivity contribution < 1.29 is 9.59 Å². The first-order valence-corrected chi connectivity index (χ1v) is 12.4. The zero-order valence-corrected chi connectivity index (χ0v) is 19.3. The zero-order chi connectivity index (χ0) is 22.3. The topological polar surface area (TPSA) is 77.0 Å². The minimum Gasteiger partial charge on any atom is -0.357 e. The molecule has 0 bridgehead atoms. The molecule has 174 valence electrons. The van der Waals surface area contributed by atoms with E-state index in [9.17, 15) is 9.59 Å². The summed E-state index contributed by atoms with van der Waals surface area (Å²) >= 11 is 0. The smallest absolute Gasteiger partial charge is 0.227 e. The van der Waals surface area contributed by atoms with Crippen molar-refractivity contribution >= 4 is 23.5 Å². The second-order valence-corrected chi connectivity index (χ2v) is 9.26. The summed E-state index contributed by atoms with van der Waals surface area (Å²) in [6, 6.07) is 8.37. The molecule has 1 saturated carbocycles. The van der Waals surface area contributed by atoms with Crippen LogP contribution in [-0.4, -0.2) is 54.9 Å². The Balaban J connectivity index is 1.30. The van der Waals surface area contributed by atoms with E-state index in [0.717, 1.165) is 69.1 Å². The Labute approximate surface area is 191 Å². The van der Waals surface area contributed by atoms with Crippen LogP contribution in [0.4, 0.5) is 5.69 Å². The first-order valence-electron chi connectivity index (χ1n) is 12.4. The lowest BCUT2D eigenvalue weighted by Gasteiger charge is -2.26. The fourth-order valence-corrected chi connectivity index (χ4v) is 5.07. The molecule has 2 heterocycles. The molecule has 1 aromatic rings. The molecule has 1 atom stereocenters. The third-order valence-corrected chi connectivity index (χ3v) is 6.88. The van der Waals surface area contributed by atoms with E-state index >= 15 is 0 Å². The molecule has 2 N–H and O–H groups in total. The Kier molecular flexibility index (Phi) is 7.66. The molecule has 0 aromatic heterocycles. The quantitative estimate of drug-likeness (QED) is 0.528. The van der Waals surface area contributed by atoms with Crippen molar-refractivity contribution in [2.45, 2.75) is 70.9 Å². The summed E-state index contributed by atoms with van der Waals surface area (Å²) < 4.78 is 0. The van der Waals surface area contributed by atoms with Crippen LogP contribution in [0, 0.1) is 5.92 Å². The minimum absolute atomic E-state index is 0.210. The van der Waals surface area contributed by atoms with Gasteiger partial charge in [-0.3, -0.25) is 9.59 Å². The predicted octanol–water partition coefficient (Wildman–Crippen LogP) is 3.05. The molecule has 0 spiro atoms. The summed E-state index contributed by atoms with van der Waals surface area (Å²) in [6.07, 6.45) is 8.32. The van der Waals surface area contributed by atoms with Crippen LogP contribution >= 0.6 is 0 Å². The summed E-state index contributed by atoms with van der Waals surface area (Å²) in [4.78, 5) is 33.4. The normalized spacial score (nSPS) is 22.5. The second-order valence-electron chi connectivity index (χ2n) is 9.26. The SMILES string of the molecule is CCNC(=NCc1ccc(N2CCCC2=O)cc1)NC1CCN(C(=O)C2CCCCC2)C1.